The number of carbonyl (C=O) groups is 1. The zero-order valence-corrected chi connectivity index (χ0v) is 27.1. The van der Waals surface area contributed by atoms with Gasteiger partial charge in [0.25, 0.3) is 5.56 Å². The van der Waals surface area contributed by atoms with E-state index in [2.05, 4.69) is 43.4 Å². The van der Waals surface area contributed by atoms with Gasteiger partial charge in [0.1, 0.15) is 6.61 Å². The lowest BCUT2D eigenvalue weighted by atomic mass is 9.95. The van der Waals surface area contributed by atoms with Crippen molar-refractivity contribution < 1.29 is 28.5 Å². The van der Waals surface area contributed by atoms with Gasteiger partial charge in [0.05, 0.1) is 54.3 Å². The quantitative estimate of drug-likeness (QED) is 0.218. The Balaban J connectivity index is 1.96. The van der Waals surface area contributed by atoms with Crippen LogP contribution in [0.15, 0.2) is 66.9 Å². The van der Waals surface area contributed by atoms with Gasteiger partial charge in [0.15, 0.2) is 27.8 Å². The number of aromatic nitrogens is 1. The lowest BCUT2D eigenvalue weighted by Gasteiger charge is -2.26. The molecule has 0 aliphatic carbocycles. The van der Waals surface area contributed by atoms with Gasteiger partial charge in [-0.25, -0.2) is 9.79 Å². The van der Waals surface area contributed by atoms with Crippen LogP contribution in [0.2, 0.25) is 0 Å². The molecule has 0 bridgehead atoms. The third-order valence-corrected chi connectivity index (χ3v) is 8.47. The second kappa shape index (κ2) is 13.1. The summed E-state index contributed by atoms with van der Waals surface area (Å²) in [5.74, 6) is 1.40. The van der Waals surface area contributed by atoms with Crippen LogP contribution in [-0.4, -0.2) is 45.1 Å². The van der Waals surface area contributed by atoms with E-state index in [-0.39, 0.29) is 17.7 Å². The minimum absolute atomic E-state index is 0.170. The van der Waals surface area contributed by atoms with Crippen LogP contribution in [0.1, 0.15) is 31.0 Å². The number of hydrogen-bond donors (Lipinski definition) is 0. The molecule has 2 aromatic carbocycles. The minimum Gasteiger partial charge on any atom is -0.493 e. The van der Waals surface area contributed by atoms with Crippen LogP contribution < -0.4 is 33.8 Å². The molecule has 0 spiro atoms. The first-order chi connectivity index (χ1) is 19.7. The molecule has 216 valence electrons. The van der Waals surface area contributed by atoms with Crippen molar-refractivity contribution in [1.29, 1.82) is 0 Å². The molecule has 1 aliphatic rings. The normalized spacial score (nSPS) is 14.7. The van der Waals surface area contributed by atoms with Crippen LogP contribution in [0.4, 0.5) is 0 Å². The molecule has 0 fully saturated rings. The topological polar surface area (TPSA) is 97.6 Å². The van der Waals surface area contributed by atoms with Crippen molar-refractivity contribution in [2.45, 2.75) is 19.9 Å². The Labute approximate surface area is 257 Å². The molecule has 4 rings (SSSR count). The maximum absolute atomic E-state index is 14.0. The van der Waals surface area contributed by atoms with Crippen molar-refractivity contribution in [3.63, 3.8) is 0 Å². The van der Waals surface area contributed by atoms with E-state index in [9.17, 15) is 9.59 Å². The van der Waals surface area contributed by atoms with Gasteiger partial charge >= 0.3 is 5.97 Å². The Bertz CT molecular complexity index is 1730. The minimum atomic E-state index is -0.836. The molecule has 3 aromatic rings. The molecule has 0 amide bonds. The molecule has 1 aromatic heterocycles. The van der Waals surface area contributed by atoms with Crippen molar-refractivity contribution in [3.05, 3.63) is 88.0 Å². The standard InChI is InChI=1S/C29H28Br2N2O7S/c1-7-9-40-26-19(31)10-16(11-22(26)38-6)12-23-27(34)33-25(17-13-20(36-4)21(37-5)14-18(17)30)24(28(35)39-8-2)15(3)32-29(33)41-23/h7,10-14,25H,1,8-9H2,2-6H3/b23-12-/t25-/m1/s1. The second-order valence-electron chi connectivity index (χ2n) is 8.66. The average molecular weight is 708 g/mol. The largest absolute Gasteiger partial charge is 0.493 e. The number of thiazole rings is 1. The lowest BCUT2D eigenvalue weighted by molar-refractivity contribution is -0.139. The first kappa shape index (κ1) is 30.6. The van der Waals surface area contributed by atoms with Crippen molar-refractivity contribution in [2.24, 2.45) is 4.99 Å². The predicted molar refractivity (Wildman–Crippen MR) is 164 cm³/mol. The summed E-state index contributed by atoms with van der Waals surface area (Å²) >= 11 is 8.36. The van der Waals surface area contributed by atoms with E-state index in [1.165, 1.54) is 30.1 Å². The lowest BCUT2D eigenvalue weighted by Crippen LogP contribution is -2.40. The maximum atomic E-state index is 14.0. The highest BCUT2D eigenvalue weighted by Gasteiger charge is 2.35. The van der Waals surface area contributed by atoms with Crippen LogP contribution >= 0.6 is 43.2 Å². The SMILES string of the molecule is C=CCOc1c(Br)cc(/C=c2\sc3n(c2=O)[C@H](c2cc(OC)c(OC)cc2Br)C(C(=O)OCC)=C(C)N=3)cc1OC. The smallest absolute Gasteiger partial charge is 0.338 e. The third kappa shape index (κ3) is 6.00. The van der Waals surface area contributed by atoms with Gasteiger partial charge in [-0.3, -0.25) is 9.36 Å². The molecule has 0 radical (unpaired) electrons. The van der Waals surface area contributed by atoms with Crippen LogP contribution in [0, 0.1) is 0 Å². The van der Waals surface area contributed by atoms with Crippen molar-refractivity contribution in [3.8, 4) is 23.0 Å². The summed E-state index contributed by atoms with van der Waals surface area (Å²) < 4.78 is 30.8. The molecule has 12 heteroatoms. The number of halogens is 2. The van der Waals surface area contributed by atoms with Crippen molar-refractivity contribution >= 4 is 55.2 Å². The second-order valence-corrected chi connectivity index (χ2v) is 11.4. The Morgan fingerprint density at radius 1 is 1.07 bits per heavy atom. The van der Waals surface area contributed by atoms with E-state index in [0.717, 1.165) is 0 Å². The van der Waals surface area contributed by atoms with Gasteiger partial charge in [0, 0.05) is 4.47 Å². The van der Waals surface area contributed by atoms with Gasteiger partial charge in [-0.1, -0.05) is 39.9 Å². The summed E-state index contributed by atoms with van der Waals surface area (Å²) in [5.41, 5.74) is 1.70. The van der Waals surface area contributed by atoms with Gasteiger partial charge in [-0.2, -0.15) is 0 Å². The Hall–Kier alpha value is -3.35. The van der Waals surface area contributed by atoms with Gasteiger partial charge in [0.2, 0.25) is 0 Å². The van der Waals surface area contributed by atoms with E-state index < -0.39 is 12.0 Å². The monoisotopic (exact) mass is 706 g/mol. The molecule has 1 aliphatic heterocycles. The van der Waals surface area contributed by atoms with Gasteiger partial charge in [-0.05, 0) is 71.2 Å². The number of allylic oxidation sites excluding steroid dienone is 1. The van der Waals surface area contributed by atoms with E-state index >= 15 is 0 Å². The van der Waals surface area contributed by atoms with Crippen LogP contribution in [0.5, 0.6) is 23.0 Å². The fraction of sp³-hybridized carbons (Fsp3) is 0.276. The highest BCUT2D eigenvalue weighted by Crippen LogP contribution is 2.41. The first-order valence-corrected chi connectivity index (χ1v) is 14.8. The van der Waals surface area contributed by atoms with Crippen LogP contribution in [-0.2, 0) is 9.53 Å². The van der Waals surface area contributed by atoms with Crippen molar-refractivity contribution in [2.75, 3.05) is 34.5 Å². The number of benzene rings is 2. The van der Waals surface area contributed by atoms with E-state index in [4.69, 9.17) is 23.7 Å². The highest BCUT2D eigenvalue weighted by molar-refractivity contribution is 9.10. The summed E-state index contributed by atoms with van der Waals surface area (Å²) in [5, 5.41) is 0. The number of methoxy groups -OCH3 is 3. The number of ether oxygens (including phenoxy) is 5. The fourth-order valence-electron chi connectivity index (χ4n) is 4.42. The first-order valence-electron chi connectivity index (χ1n) is 12.4. The van der Waals surface area contributed by atoms with E-state index in [0.29, 0.717) is 64.7 Å². The predicted octanol–water partition coefficient (Wildman–Crippen LogP) is 4.91. The number of esters is 1. The Kier molecular flexibility index (Phi) is 9.77. The van der Waals surface area contributed by atoms with Gasteiger partial charge < -0.3 is 23.7 Å². The van der Waals surface area contributed by atoms with Crippen molar-refractivity contribution in [1.82, 2.24) is 4.57 Å². The molecule has 0 N–H and O–H groups in total. The fourth-order valence-corrected chi connectivity index (χ4v) is 6.58. The molecule has 2 heterocycles. The third-order valence-electron chi connectivity index (χ3n) is 6.21. The summed E-state index contributed by atoms with van der Waals surface area (Å²) in [6, 6.07) is 6.25. The highest BCUT2D eigenvalue weighted by atomic mass is 79.9. The molecule has 0 unspecified atom stereocenters. The molecule has 0 saturated heterocycles. The van der Waals surface area contributed by atoms with Crippen LogP contribution in [0.3, 0.4) is 0 Å². The molecular weight excluding hydrogens is 680 g/mol. The van der Waals surface area contributed by atoms with E-state index in [1.807, 2.05) is 6.07 Å². The van der Waals surface area contributed by atoms with Gasteiger partial charge in [-0.15, -0.1) is 0 Å². The Morgan fingerprint density at radius 2 is 1.76 bits per heavy atom. The average Bonchev–Trinajstić information content (AvgIpc) is 3.25. The number of hydrogen-bond acceptors (Lipinski definition) is 9. The number of rotatable bonds is 10. The Morgan fingerprint density at radius 3 is 2.39 bits per heavy atom. The number of carbonyl (C=O) groups excluding carboxylic acids is 1. The summed E-state index contributed by atoms with van der Waals surface area (Å²) in [7, 11) is 4.60. The van der Waals surface area contributed by atoms with E-state index in [1.54, 1.807) is 51.3 Å². The zero-order chi connectivity index (χ0) is 29.8. The number of fused-ring (bicyclic) bond motifs is 1. The molecule has 9 nitrogen and oxygen atoms in total. The number of nitrogens with zero attached hydrogens (tertiary/aromatic N) is 2. The molecule has 1 atom stereocenters. The summed E-state index contributed by atoms with van der Waals surface area (Å²) in [4.78, 5) is 32.4. The molecular formula is C29H28Br2N2O7S. The summed E-state index contributed by atoms with van der Waals surface area (Å²) in [6.45, 7) is 7.61. The zero-order valence-electron chi connectivity index (χ0n) is 23.1. The maximum Gasteiger partial charge on any atom is 0.338 e. The molecule has 0 saturated carbocycles. The van der Waals surface area contributed by atoms with Crippen LogP contribution in [0.25, 0.3) is 6.08 Å². The molecule has 41 heavy (non-hydrogen) atoms. The summed E-state index contributed by atoms with van der Waals surface area (Å²) in [6.07, 6.45) is 3.39.